The number of allylic oxidation sites excluding steroid dienone is 3. The minimum Gasteiger partial charge on any atom is -0.466 e. The maximum Gasteiger partial charge on any atom is 0.333 e. The number of carbonyl (C=O) groups excluding carboxylic acids is 2. The van der Waals surface area contributed by atoms with Crippen molar-refractivity contribution in [3.05, 3.63) is 23.3 Å². The first-order chi connectivity index (χ1) is 15.0. The number of esters is 1. The Morgan fingerprint density at radius 2 is 1.72 bits per heavy atom. The first kappa shape index (κ1) is 23.6. The molecule has 2 saturated carbocycles. The minimum atomic E-state index is -0.178. The Bertz CT molecular complexity index is 832. The lowest BCUT2D eigenvalue weighted by Crippen LogP contribution is -2.53. The molecule has 0 N–H and O–H groups in total. The molecule has 0 aromatic rings. The zero-order chi connectivity index (χ0) is 23.4. The second-order valence-electron chi connectivity index (χ2n) is 12.0. The summed E-state index contributed by atoms with van der Waals surface area (Å²) in [5, 5.41) is 0. The number of carbonyl (C=O) groups is 2. The number of ether oxygens (including phenoxy) is 1. The molecule has 32 heavy (non-hydrogen) atoms. The van der Waals surface area contributed by atoms with Crippen LogP contribution in [0.3, 0.4) is 0 Å². The van der Waals surface area contributed by atoms with Crippen LogP contribution in [0.1, 0.15) is 86.5 Å². The van der Waals surface area contributed by atoms with Gasteiger partial charge in [-0.15, -0.1) is 0 Å². The Kier molecular flexibility index (Phi) is 6.13. The highest BCUT2D eigenvalue weighted by molar-refractivity contribution is 5.89. The van der Waals surface area contributed by atoms with Gasteiger partial charge in [0, 0.05) is 23.6 Å². The third-order valence-corrected chi connectivity index (χ3v) is 9.88. The summed E-state index contributed by atoms with van der Waals surface area (Å²) < 4.78 is 5.00. The number of amides is 1. The van der Waals surface area contributed by atoms with E-state index in [2.05, 4.69) is 58.6 Å². The van der Waals surface area contributed by atoms with Gasteiger partial charge in [0.05, 0.1) is 7.11 Å². The van der Waals surface area contributed by atoms with E-state index >= 15 is 0 Å². The van der Waals surface area contributed by atoms with Crippen LogP contribution in [0.5, 0.6) is 0 Å². The molecular weight excluding hydrogens is 398 g/mol. The Hall–Kier alpha value is -1.58. The summed E-state index contributed by atoms with van der Waals surface area (Å²) >= 11 is 0. The number of nitrogens with zero attached hydrogens (tertiary/aromatic N) is 1. The van der Waals surface area contributed by atoms with E-state index in [0.29, 0.717) is 23.7 Å². The molecule has 2 fully saturated rings. The molecular formula is C28H43NO3. The van der Waals surface area contributed by atoms with Gasteiger partial charge in [0.15, 0.2) is 0 Å². The van der Waals surface area contributed by atoms with E-state index in [1.807, 2.05) is 0 Å². The zero-order valence-corrected chi connectivity index (χ0v) is 21.2. The van der Waals surface area contributed by atoms with Crippen molar-refractivity contribution < 1.29 is 14.3 Å². The molecule has 178 valence electrons. The van der Waals surface area contributed by atoms with Gasteiger partial charge in [-0.05, 0) is 113 Å². The molecule has 0 heterocycles. The summed E-state index contributed by atoms with van der Waals surface area (Å²) in [6.45, 7) is 13.5. The predicted molar refractivity (Wildman–Crippen MR) is 128 cm³/mol. The van der Waals surface area contributed by atoms with Crippen molar-refractivity contribution in [3.63, 3.8) is 0 Å². The van der Waals surface area contributed by atoms with Crippen molar-refractivity contribution in [3.8, 4) is 0 Å². The number of hydrogen-bond acceptors (Lipinski definition) is 3. The van der Waals surface area contributed by atoms with E-state index < -0.39 is 0 Å². The monoisotopic (exact) mass is 441 g/mol. The first-order valence-corrected chi connectivity index (χ1v) is 12.9. The largest absolute Gasteiger partial charge is 0.466 e. The van der Waals surface area contributed by atoms with Crippen LogP contribution in [0, 0.1) is 34.5 Å². The van der Waals surface area contributed by atoms with Gasteiger partial charge in [0.1, 0.15) is 0 Å². The number of fused-ring (bicyclic) bond motifs is 5. The lowest BCUT2D eigenvalue weighted by molar-refractivity contribution is -0.146. The van der Waals surface area contributed by atoms with Crippen LogP contribution < -0.4 is 0 Å². The van der Waals surface area contributed by atoms with Crippen molar-refractivity contribution in [1.82, 2.24) is 4.90 Å². The third kappa shape index (κ3) is 3.47. The second-order valence-corrected chi connectivity index (χ2v) is 12.0. The van der Waals surface area contributed by atoms with Crippen LogP contribution in [-0.2, 0) is 14.3 Å². The van der Waals surface area contributed by atoms with Crippen LogP contribution >= 0.6 is 0 Å². The van der Waals surface area contributed by atoms with Gasteiger partial charge < -0.3 is 9.64 Å². The summed E-state index contributed by atoms with van der Waals surface area (Å²) in [7, 11) is 1.47. The fraction of sp³-hybridized carbons (Fsp3) is 0.786. The number of methoxy groups -OCH3 is 1. The predicted octanol–water partition coefficient (Wildman–Crippen LogP) is 5.92. The number of hydrogen-bond donors (Lipinski definition) is 0. The average molecular weight is 442 g/mol. The Morgan fingerprint density at radius 3 is 2.34 bits per heavy atom. The van der Waals surface area contributed by atoms with Crippen molar-refractivity contribution >= 4 is 11.9 Å². The molecule has 0 radical (unpaired) electrons. The second kappa shape index (κ2) is 8.33. The van der Waals surface area contributed by atoms with Crippen LogP contribution in [0.2, 0.25) is 0 Å². The van der Waals surface area contributed by atoms with Gasteiger partial charge in [0.2, 0.25) is 5.91 Å². The lowest BCUT2D eigenvalue weighted by atomic mass is 9.48. The van der Waals surface area contributed by atoms with E-state index in [9.17, 15) is 9.59 Å². The summed E-state index contributed by atoms with van der Waals surface area (Å²) in [6, 6.07) is 0.497. The maximum atomic E-state index is 13.7. The SMILES string of the molecule is COC(=O)C1=CC2=CC[C@H]3[C@@H]4CC[C@H](C(=O)N(C(C)C)C(C)C)[C@@]4(C)CC[C@@H]3[C@@]2(C)CC1. The Morgan fingerprint density at radius 1 is 1.03 bits per heavy atom. The van der Waals surface area contributed by atoms with Crippen LogP contribution in [-0.4, -0.2) is 36.0 Å². The van der Waals surface area contributed by atoms with E-state index in [0.717, 1.165) is 37.7 Å². The highest BCUT2D eigenvalue weighted by Crippen LogP contribution is 2.66. The summed E-state index contributed by atoms with van der Waals surface area (Å²) in [5.41, 5.74) is 2.44. The maximum absolute atomic E-state index is 13.7. The molecule has 4 aliphatic rings. The van der Waals surface area contributed by atoms with Gasteiger partial charge in [-0.2, -0.15) is 0 Å². The fourth-order valence-corrected chi connectivity index (χ4v) is 8.31. The first-order valence-electron chi connectivity index (χ1n) is 12.9. The molecule has 0 saturated heterocycles. The lowest BCUT2D eigenvalue weighted by Gasteiger charge is -2.57. The highest BCUT2D eigenvalue weighted by Gasteiger charge is 2.60. The van der Waals surface area contributed by atoms with Gasteiger partial charge in [-0.1, -0.05) is 19.9 Å². The molecule has 4 rings (SSSR count). The van der Waals surface area contributed by atoms with E-state index in [-0.39, 0.29) is 34.8 Å². The van der Waals surface area contributed by atoms with Gasteiger partial charge in [-0.3, -0.25) is 4.79 Å². The third-order valence-electron chi connectivity index (χ3n) is 9.88. The van der Waals surface area contributed by atoms with Crippen LogP contribution in [0.4, 0.5) is 0 Å². The molecule has 1 amide bonds. The standard InChI is InChI=1S/C28H43NO3/c1-17(2)29(18(3)4)25(30)24-11-10-22-21-9-8-20-16-19(26(31)32-7)12-14-27(20,5)23(21)13-15-28(22,24)6/h8,16-18,21-24H,9-15H2,1-7H3/t21-,22-,23-,24+,27-,28-/m0/s1. The van der Waals surface area contributed by atoms with Gasteiger partial charge in [-0.25, -0.2) is 4.79 Å². The van der Waals surface area contributed by atoms with Gasteiger partial charge >= 0.3 is 5.97 Å². The van der Waals surface area contributed by atoms with E-state index in [4.69, 9.17) is 4.74 Å². The van der Waals surface area contributed by atoms with Crippen LogP contribution in [0.25, 0.3) is 0 Å². The Balaban J connectivity index is 1.60. The van der Waals surface area contributed by atoms with Crippen molar-refractivity contribution in [2.75, 3.05) is 7.11 Å². The minimum absolute atomic E-state index is 0.115. The van der Waals surface area contributed by atoms with Crippen LogP contribution in [0.15, 0.2) is 23.3 Å². The average Bonchev–Trinajstić information content (AvgIpc) is 3.09. The molecule has 0 bridgehead atoms. The number of rotatable bonds is 4. The summed E-state index contributed by atoms with van der Waals surface area (Å²) in [6.07, 6.45) is 12.0. The van der Waals surface area contributed by atoms with Crippen molar-refractivity contribution in [2.24, 2.45) is 34.5 Å². The summed E-state index contributed by atoms with van der Waals surface area (Å²) in [5.74, 6) is 2.30. The molecule has 0 aromatic heterocycles. The quantitative estimate of drug-likeness (QED) is 0.509. The molecule has 0 aliphatic heterocycles. The molecule has 0 spiro atoms. The summed E-state index contributed by atoms with van der Waals surface area (Å²) in [4.78, 5) is 28.0. The molecule has 4 heteroatoms. The fourth-order valence-electron chi connectivity index (χ4n) is 8.31. The smallest absolute Gasteiger partial charge is 0.333 e. The van der Waals surface area contributed by atoms with Crippen molar-refractivity contribution in [1.29, 1.82) is 0 Å². The Labute approximate surface area is 194 Å². The highest BCUT2D eigenvalue weighted by atomic mass is 16.5. The molecule has 4 aliphatic carbocycles. The zero-order valence-electron chi connectivity index (χ0n) is 21.2. The molecule has 0 unspecified atom stereocenters. The van der Waals surface area contributed by atoms with Crippen molar-refractivity contribution in [2.45, 2.75) is 98.6 Å². The van der Waals surface area contributed by atoms with E-state index in [1.165, 1.54) is 25.5 Å². The molecule has 4 nitrogen and oxygen atoms in total. The molecule has 6 atom stereocenters. The molecule has 0 aromatic carbocycles. The topological polar surface area (TPSA) is 46.6 Å². The van der Waals surface area contributed by atoms with Gasteiger partial charge in [0.25, 0.3) is 0 Å². The normalized spacial score (nSPS) is 38.4. The van der Waals surface area contributed by atoms with E-state index in [1.54, 1.807) is 0 Å².